The van der Waals surface area contributed by atoms with E-state index in [4.69, 9.17) is 10.5 Å². The summed E-state index contributed by atoms with van der Waals surface area (Å²) in [5, 5.41) is 0. The molecule has 0 aliphatic carbocycles. The van der Waals surface area contributed by atoms with E-state index >= 15 is 0 Å². The number of morpholine rings is 1. The highest BCUT2D eigenvalue weighted by molar-refractivity contribution is 7.90. The number of nitrogens with zero attached hydrogens (tertiary/aromatic N) is 2. The highest BCUT2D eigenvalue weighted by atomic mass is 32.2. The Bertz CT molecular complexity index is 590. The van der Waals surface area contributed by atoms with E-state index in [-0.39, 0.29) is 0 Å². The molecule has 1 aromatic rings. The zero-order valence-corrected chi connectivity index (χ0v) is 13.0. The molecule has 2 rings (SSSR count). The molecule has 1 saturated heterocycles. The molecular weight excluding hydrogens is 290 g/mol. The van der Waals surface area contributed by atoms with E-state index in [1.54, 1.807) is 12.1 Å². The van der Waals surface area contributed by atoms with Gasteiger partial charge in [-0.05, 0) is 24.1 Å². The van der Waals surface area contributed by atoms with E-state index in [2.05, 4.69) is 4.99 Å². The summed E-state index contributed by atoms with van der Waals surface area (Å²) in [5.41, 5.74) is 6.98. The second-order valence-corrected chi connectivity index (χ2v) is 7.02. The number of hydrogen-bond donors (Lipinski definition) is 1. The summed E-state index contributed by atoms with van der Waals surface area (Å²) in [6.07, 6.45) is 1.93. The lowest BCUT2D eigenvalue weighted by Gasteiger charge is -2.27. The summed E-state index contributed by atoms with van der Waals surface area (Å²) in [6, 6.07) is 6.88. The van der Waals surface area contributed by atoms with Gasteiger partial charge in [-0.15, -0.1) is 0 Å². The molecule has 0 radical (unpaired) electrons. The van der Waals surface area contributed by atoms with Crippen LogP contribution in [0.25, 0.3) is 0 Å². The SMILES string of the molecule is CS(=O)(=O)c1ccc(CCN=C(N)N2CCOCC2)cc1. The summed E-state index contributed by atoms with van der Waals surface area (Å²) < 4.78 is 28.0. The third kappa shape index (κ3) is 4.71. The van der Waals surface area contributed by atoms with E-state index < -0.39 is 9.84 Å². The van der Waals surface area contributed by atoms with Crippen molar-refractivity contribution in [1.82, 2.24) is 4.90 Å². The Morgan fingerprint density at radius 2 is 1.90 bits per heavy atom. The Balaban J connectivity index is 1.88. The van der Waals surface area contributed by atoms with Gasteiger partial charge in [0.15, 0.2) is 15.8 Å². The maximum Gasteiger partial charge on any atom is 0.191 e. The topological polar surface area (TPSA) is 85.0 Å². The second-order valence-electron chi connectivity index (χ2n) is 5.01. The number of ether oxygens (including phenoxy) is 1. The molecule has 0 aromatic heterocycles. The van der Waals surface area contributed by atoms with Gasteiger partial charge in [0, 0.05) is 25.9 Å². The van der Waals surface area contributed by atoms with E-state index in [0.717, 1.165) is 25.1 Å². The number of rotatable bonds is 4. The average molecular weight is 311 g/mol. The van der Waals surface area contributed by atoms with Gasteiger partial charge in [0.2, 0.25) is 0 Å². The summed E-state index contributed by atoms with van der Waals surface area (Å²) in [5.74, 6) is 0.547. The number of sulfone groups is 1. The van der Waals surface area contributed by atoms with Crippen LogP contribution in [0.5, 0.6) is 0 Å². The molecule has 0 amide bonds. The fourth-order valence-electron chi connectivity index (χ4n) is 2.10. The lowest BCUT2D eigenvalue weighted by atomic mass is 10.1. The number of hydrogen-bond acceptors (Lipinski definition) is 4. The molecule has 6 nitrogen and oxygen atoms in total. The van der Waals surface area contributed by atoms with Crippen molar-refractivity contribution in [3.63, 3.8) is 0 Å². The van der Waals surface area contributed by atoms with Crippen molar-refractivity contribution >= 4 is 15.8 Å². The minimum Gasteiger partial charge on any atom is -0.378 e. The van der Waals surface area contributed by atoms with Gasteiger partial charge in [-0.3, -0.25) is 4.99 Å². The van der Waals surface area contributed by atoms with Crippen molar-refractivity contribution in [2.75, 3.05) is 39.1 Å². The van der Waals surface area contributed by atoms with Crippen LogP contribution in [-0.4, -0.2) is 58.4 Å². The van der Waals surface area contributed by atoms with Gasteiger partial charge in [-0.1, -0.05) is 12.1 Å². The van der Waals surface area contributed by atoms with Crippen LogP contribution in [-0.2, 0) is 21.0 Å². The van der Waals surface area contributed by atoms with E-state index in [1.807, 2.05) is 17.0 Å². The minimum absolute atomic E-state index is 0.336. The second kappa shape index (κ2) is 6.91. The van der Waals surface area contributed by atoms with Crippen LogP contribution >= 0.6 is 0 Å². The molecule has 0 unspecified atom stereocenters. The fraction of sp³-hybridized carbons (Fsp3) is 0.500. The Kier molecular flexibility index (Phi) is 5.19. The molecule has 21 heavy (non-hydrogen) atoms. The summed E-state index contributed by atoms with van der Waals surface area (Å²) in [7, 11) is -3.13. The molecule has 2 N–H and O–H groups in total. The van der Waals surface area contributed by atoms with E-state index in [0.29, 0.717) is 30.6 Å². The van der Waals surface area contributed by atoms with Crippen molar-refractivity contribution in [3.8, 4) is 0 Å². The van der Waals surface area contributed by atoms with Crippen molar-refractivity contribution in [3.05, 3.63) is 29.8 Å². The van der Waals surface area contributed by atoms with Crippen LogP contribution < -0.4 is 5.73 Å². The van der Waals surface area contributed by atoms with Gasteiger partial charge in [0.1, 0.15) is 0 Å². The van der Waals surface area contributed by atoms with Crippen molar-refractivity contribution in [2.45, 2.75) is 11.3 Å². The van der Waals surface area contributed by atoms with Crippen LogP contribution in [0.2, 0.25) is 0 Å². The Morgan fingerprint density at radius 3 is 2.48 bits per heavy atom. The average Bonchev–Trinajstić information content (AvgIpc) is 2.47. The smallest absolute Gasteiger partial charge is 0.191 e. The van der Waals surface area contributed by atoms with Crippen molar-refractivity contribution in [1.29, 1.82) is 0 Å². The quantitative estimate of drug-likeness (QED) is 0.638. The number of nitrogens with two attached hydrogens (primary N) is 1. The summed E-state index contributed by atoms with van der Waals surface area (Å²) in [6.45, 7) is 3.50. The summed E-state index contributed by atoms with van der Waals surface area (Å²) >= 11 is 0. The van der Waals surface area contributed by atoms with Crippen LogP contribution in [0, 0.1) is 0 Å². The molecule has 1 fully saturated rings. The zero-order chi connectivity index (χ0) is 15.3. The Morgan fingerprint density at radius 1 is 1.29 bits per heavy atom. The standard InChI is InChI=1S/C14H21N3O3S/c1-21(18,19)13-4-2-12(3-5-13)6-7-16-14(15)17-8-10-20-11-9-17/h2-5H,6-11H2,1H3,(H2,15,16). The molecule has 1 heterocycles. The molecular formula is C14H21N3O3S. The fourth-order valence-corrected chi connectivity index (χ4v) is 2.73. The van der Waals surface area contributed by atoms with Gasteiger partial charge in [-0.2, -0.15) is 0 Å². The van der Waals surface area contributed by atoms with Gasteiger partial charge in [0.05, 0.1) is 18.1 Å². The molecule has 0 bridgehead atoms. The molecule has 0 spiro atoms. The van der Waals surface area contributed by atoms with Gasteiger partial charge < -0.3 is 15.4 Å². The Hall–Kier alpha value is -1.60. The largest absolute Gasteiger partial charge is 0.378 e. The van der Waals surface area contributed by atoms with Crippen LogP contribution in [0.4, 0.5) is 0 Å². The van der Waals surface area contributed by atoms with E-state index in [1.165, 1.54) is 6.26 Å². The first-order valence-corrected chi connectivity index (χ1v) is 8.77. The zero-order valence-electron chi connectivity index (χ0n) is 12.2. The maximum absolute atomic E-state index is 11.4. The highest BCUT2D eigenvalue weighted by Gasteiger charge is 2.11. The normalized spacial score (nSPS) is 17.0. The third-order valence-corrected chi connectivity index (χ3v) is 4.49. The number of benzene rings is 1. The van der Waals surface area contributed by atoms with Gasteiger partial charge in [0.25, 0.3) is 0 Å². The van der Waals surface area contributed by atoms with Crippen molar-refractivity contribution in [2.24, 2.45) is 10.7 Å². The number of guanidine groups is 1. The molecule has 0 atom stereocenters. The van der Waals surface area contributed by atoms with Crippen LogP contribution in [0.1, 0.15) is 5.56 Å². The first kappa shape index (κ1) is 15.8. The molecule has 0 saturated carbocycles. The molecule has 1 aliphatic heterocycles. The van der Waals surface area contributed by atoms with Crippen molar-refractivity contribution < 1.29 is 13.2 Å². The van der Waals surface area contributed by atoms with Gasteiger partial charge >= 0.3 is 0 Å². The van der Waals surface area contributed by atoms with Crippen LogP contribution in [0.3, 0.4) is 0 Å². The third-order valence-electron chi connectivity index (χ3n) is 3.36. The predicted molar refractivity (Wildman–Crippen MR) is 82.1 cm³/mol. The molecule has 7 heteroatoms. The number of aliphatic imine (C=N–C) groups is 1. The lowest BCUT2D eigenvalue weighted by Crippen LogP contribution is -2.44. The molecule has 116 valence electrons. The molecule has 1 aromatic carbocycles. The van der Waals surface area contributed by atoms with E-state index in [9.17, 15) is 8.42 Å². The maximum atomic E-state index is 11.4. The lowest BCUT2D eigenvalue weighted by molar-refractivity contribution is 0.0674. The minimum atomic E-state index is -3.13. The van der Waals surface area contributed by atoms with Crippen LogP contribution in [0.15, 0.2) is 34.2 Å². The Labute approximate surface area is 125 Å². The highest BCUT2D eigenvalue weighted by Crippen LogP contribution is 2.10. The molecule has 1 aliphatic rings. The first-order chi connectivity index (χ1) is 9.97. The summed E-state index contributed by atoms with van der Waals surface area (Å²) in [4.78, 5) is 6.71. The predicted octanol–water partition coefficient (Wildman–Crippen LogP) is 0.280. The van der Waals surface area contributed by atoms with Gasteiger partial charge in [-0.25, -0.2) is 8.42 Å². The first-order valence-electron chi connectivity index (χ1n) is 6.88. The monoisotopic (exact) mass is 311 g/mol.